The van der Waals surface area contributed by atoms with Crippen molar-refractivity contribution in [3.8, 4) is 11.5 Å². The molecule has 0 aliphatic heterocycles. The van der Waals surface area contributed by atoms with Crippen molar-refractivity contribution < 1.29 is 4.79 Å². The lowest BCUT2D eigenvalue weighted by molar-refractivity contribution is 0.0963. The number of hydrogen-bond acceptors (Lipinski definition) is 3. The highest BCUT2D eigenvalue weighted by molar-refractivity contribution is 5.97. The molecule has 4 aromatic rings. The zero-order valence-corrected chi connectivity index (χ0v) is 14.7. The molecule has 2 N–H and O–H groups in total. The second kappa shape index (κ2) is 6.48. The second-order valence-electron chi connectivity index (χ2n) is 6.17. The maximum Gasteiger partial charge on any atom is 0.251 e. The summed E-state index contributed by atoms with van der Waals surface area (Å²) < 4.78 is 2.14. The summed E-state index contributed by atoms with van der Waals surface area (Å²) in [4.78, 5) is 24.3. The van der Waals surface area contributed by atoms with E-state index in [1.807, 2.05) is 43.3 Å². The Morgan fingerprint density at radius 3 is 2.69 bits per heavy atom. The number of aromatic amines is 1. The van der Waals surface area contributed by atoms with Crippen LogP contribution < -0.4 is 5.32 Å². The van der Waals surface area contributed by atoms with Crippen molar-refractivity contribution in [3.63, 3.8) is 0 Å². The van der Waals surface area contributed by atoms with Crippen molar-refractivity contribution in [1.29, 1.82) is 0 Å². The third-order valence-corrected chi connectivity index (χ3v) is 4.46. The van der Waals surface area contributed by atoms with Gasteiger partial charge in [-0.25, -0.2) is 9.97 Å². The largest absolute Gasteiger partial charge is 0.355 e. The normalized spacial score (nSPS) is 11.0. The first-order valence-corrected chi connectivity index (χ1v) is 8.44. The van der Waals surface area contributed by atoms with Gasteiger partial charge < -0.3 is 14.9 Å². The summed E-state index contributed by atoms with van der Waals surface area (Å²) in [5.74, 6) is 0.665. The molecule has 0 bridgehead atoms. The molecule has 26 heavy (non-hydrogen) atoms. The molecular formula is C20H19N5O. The minimum atomic E-state index is -0.123. The van der Waals surface area contributed by atoms with Crippen molar-refractivity contribution >= 4 is 16.9 Å². The number of benzene rings is 2. The molecule has 6 nitrogen and oxygen atoms in total. The van der Waals surface area contributed by atoms with Crippen LogP contribution >= 0.6 is 0 Å². The molecule has 6 heteroatoms. The van der Waals surface area contributed by atoms with Gasteiger partial charge in [0.25, 0.3) is 5.91 Å². The number of H-pyrrole nitrogens is 1. The van der Waals surface area contributed by atoms with Gasteiger partial charge in [0.2, 0.25) is 0 Å². The topological polar surface area (TPSA) is 75.6 Å². The fourth-order valence-electron chi connectivity index (χ4n) is 3.11. The van der Waals surface area contributed by atoms with Gasteiger partial charge in [-0.2, -0.15) is 0 Å². The van der Waals surface area contributed by atoms with Gasteiger partial charge in [-0.3, -0.25) is 4.79 Å². The summed E-state index contributed by atoms with van der Waals surface area (Å²) in [6.07, 6.45) is 1.67. The van der Waals surface area contributed by atoms with Crippen molar-refractivity contribution in [3.05, 3.63) is 71.7 Å². The highest BCUT2D eigenvalue weighted by Gasteiger charge is 2.17. The molecule has 0 unspecified atom stereocenters. The van der Waals surface area contributed by atoms with Crippen LogP contribution in [0.1, 0.15) is 21.6 Å². The van der Waals surface area contributed by atoms with E-state index in [-0.39, 0.29) is 5.91 Å². The van der Waals surface area contributed by atoms with E-state index >= 15 is 0 Å². The maximum atomic E-state index is 12.0. The Balaban J connectivity index is 1.91. The Morgan fingerprint density at radius 2 is 2.00 bits per heavy atom. The van der Waals surface area contributed by atoms with Crippen LogP contribution in [0.4, 0.5) is 0 Å². The summed E-state index contributed by atoms with van der Waals surface area (Å²) in [7, 11) is 1.62. The zero-order valence-electron chi connectivity index (χ0n) is 14.7. The lowest BCUT2D eigenvalue weighted by atomic mass is 10.2. The molecule has 0 fully saturated rings. The van der Waals surface area contributed by atoms with Gasteiger partial charge in [0.05, 0.1) is 17.4 Å². The Bertz CT molecular complexity index is 1080. The lowest BCUT2D eigenvalue weighted by Gasteiger charge is -2.09. The summed E-state index contributed by atoms with van der Waals surface area (Å²) >= 11 is 0. The number of aromatic nitrogens is 4. The Labute approximate surface area is 150 Å². The molecule has 0 aliphatic carbocycles. The first-order valence-electron chi connectivity index (χ1n) is 8.44. The van der Waals surface area contributed by atoms with E-state index in [1.165, 1.54) is 5.56 Å². The Kier molecular flexibility index (Phi) is 4.01. The molecular weight excluding hydrogens is 326 g/mol. The van der Waals surface area contributed by atoms with Gasteiger partial charge >= 0.3 is 0 Å². The SMILES string of the molecule is CNC(=O)c1ccc2c(c1)nc(-c1nc[nH]c1C)n2Cc1ccccc1. The number of nitrogens with one attached hydrogen (secondary N) is 2. The predicted octanol–water partition coefficient (Wildman–Crippen LogP) is 3.14. The van der Waals surface area contributed by atoms with Gasteiger partial charge in [-0.15, -0.1) is 0 Å². The average Bonchev–Trinajstić information content (AvgIpc) is 3.25. The van der Waals surface area contributed by atoms with Crippen LogP contribution in [0, 0.1) is 6.92 Å². The minimum absolute atomic E-state index is 0.123. The van der Waals surface area contributed by atoms with E-state index in [4.69, 9.17) is 4.98 Å². The number of imidazole rings is 2. The first kappa shape index (κ1) is 16.1. The van der Waals surface area contributed by atoms with Gasteiger partial charge in [-0.1, -0.05) is 30.3 Å². The fraction of sp³-hybridized carbons (Fsp3) is 0.150. The predicted molar refractivity (Wildman–Crippen MR) is 101 cm³/mol. The summed E-state index contributed by atoms with van der Waals surface area (Å²) in [6.45, 7) is 2.66. The molecule has 2 aromatic heterocycles. The van der Waals surface area contributed by atoms with Crippen LogP contribution in [0.2, 0.25) is 0 Å². The van der Waals surface area contributed by atoms with Crippen LogP contribution in [0.15, 0.2) is 54.9 Å². The van der Waals surface area contributed by atoms with Crippen LogP contribution in [-0.4, -0.2) is 32.5 Å². The highest BCUT2D eigenvalue weighted by Crippen LogP contribution is 2.27. The Hall–Kier alpha value is -3.41. The number of nitrogens with zero attached hydrogens (tertiary/aromatic N) is 3. The summed E-state index contributed by atoms with van der Waals surface area (Å²) in [5, 5.41) is 2.65. The van der Waals surface area contributed by atoms with E-state index in [0.29, 0.717) is 12.1 Å². The van der Waals surface area contributed by atoms with E-state index in [9.17, 15) is 4.79 Å². The van der Waals surface area contributed by atoms with E-state index in [1.54, 1.807) is 13.4 Å². The van der Waals surface area contributed by atoms with Crippen LogP contribution in [0.25, 0.3) is 22.6 Å². The number of amides is 1. The van der Waals surface area contributed by atoms with Crippen molar-refractivity contribution in [1.82, 2.24) is 24.8 Å². The third kappa shape index (κ3) is 2.75. The summed E-state index contributed by atoms with van der Waals surface area (Å²) in [6, 6.07) is 15.8. The molecule has 4 rings (SSSR count). The molecule has 0 radical (unpaired) electrons. The maximum absolute atomic E-state index is 12.0. The second-order valence-corrected chi connectivity index (χ2v) is 6.17. The smallest absolute Gasteiger partial charge is 0.251 e. The molecule has 0 saturated carbocycles. The molecule has 0 atom stereocenters. The lowest BCUT2D eigenvalue weighted by Crippen LogP contribution is -2.17. The van der Waals surface area contributed by atoms with Crippen LogP contribution in [0.3, 0.4) is 0 Å². The van der Waals surface area contributed by atoms with Crippen molar-refractivity contribution in [2.45, 2.75) is 13.5 Å². The number of rotatable bonds is 4. The Morgan fingerprint density at radius 1 is 1.19 bits per heavy atom. The number of carbonyl (C=O) groups is 1. The molecule has 130 valence electrons. The van der Waals surface area contributed by atoms with Gasteiger partial charge in [0.15, 0.2) is 5.82 Å². The van der Waals surface area contributed by atoms with Crippen LogP contribution in [-0.2, 0) is 6.54 Å². The third-order valence-electron chi connectivity index (χ3n) is 4.46. The first-order chi connectivity index (χ1) is 12.7. The number of carbonyl (C=O) groups excluding carboxylic acids is 1. The van der Waals surface area contributed by atoms with Crippen LogP contribution in [0.5, 0.6) is 0 Å². The van der Waals surface area contributed by atoms with Gasteiger partial charge in [0, 0.05) is 24.8 Å². The molecule has 2 heterocycles. The fourth-order valence-corrected chi connectivity index (χ4v) is 3.11. The van der Waals surface area contributed by atoms with E-state index < -0.39 is 0 Å². The minimum Gasteiger partial charge on any atom is -0.355 e. The van der Waals surface area contributed by atoms with E-state index in [2.05, 4.69) is 32.0 Å². The molecule has 0 saturated heterocycles. The monoisotopic (exact) mass is 345 g/mol. The standard InChI is InChI=1S/C20H19N5O/c1-13-18(23-12-22-13)19-24-16-10-15(20(26)21-2)8-9-17(16)25(19)11-14-6-4-3-5-7-14/h3-10,12H,11H2,1-2H3,(H,21,26)(H,22,23). The molecule has 0 spiro atoms. The van der Waals surface area contributed by atoms with Crippen molar-refractivity contribution in [2.75, 3.05) is 7.05 Å². The number of hydrogen-bond donors (Lipinski definition) is 2. The van der Waals surface area contributed by atoms with E-state index in [0.717, 1.165) is 28.2 Å². The number of aryl methyl sites for hydroxylation is 1. The molecule has 1 amide bonds. The van der Waals surface area contributed by atoms with Crippen molar-refractivity contribution in [2.24, 2.45) is 0 Å². The molecule has 2 aromatic carbocycles. The highest BCUT2D eigenvalue weighted by atomic mass is 16.1. The quantitative estimate of drug-likeness (QED) is 0.597. The number of fused-ring (bicyclic) bond motifs is 1. The van der Waals surface area contributed by atoms with Gasteiger partial charge in [0.1, 0.15) is 5.69 Å². The van der Waals surface area contributed by atoms with Gasteiger partial charge in [-0.05, 0) is 30.7 Å². The average molecular weight is 345 g/mol. The molecule has 0 aliphatic rings. The zero-order chi connectivity index (χ0) is 18.1. The summed E-state index contributed by atoms with van der Waals surface area (Å²) in [5.41, 5.74) is 5.30.